The molecule has 1 aromatic carbocycles. The van der Waals surface area contributed by atoms with Crippen molar-refractivity contribution in [2.75, 3.05) is 25.0 Å². The van der Waals surface area contributed by atoms with Crippen molar-refractivity contribution in [2.24, 2.45) is 5.73 Å². The molecule has 1 atom stereocenters. The van der Waals surface area contributed by atoms with Gasteiger partial charge in [-0.15, -0.1) is 0 Å². The van der Waals surface area contributed by atoms with E-state index < -0.39 is 0 Å². The molecule has 0 spiro atoms. The molecule has 1 saturated carbocycles. The summed E-state index contributed by atoms with van der Waals surface area (Å²) in [5.74, 6) is 0.211. The lowest BCUT2D eigenvalue weighted by Gasteiger charge is -2.38. The quantitative estimate of drug-likeness (QED) is 0.902. The maximum absolute atomic E-state index is 12.4. The van der Waals surface area contributed by atoms with Crippen molar-refractivity contribution in [1.29, 1.82) is 0 Å². The van der Waals surface area contributed by atoms with Crippen LogP contribution in [0.3, 0.4) is 0 Å². The van der Waals surface area contributed by atoms with Gasteiger partial charge in [0.15, 0.2) is 0 Å². The Bertz CT molecular complexity index is 498. The summed E-state index contributed by atoms with van der Waals surface area (Å²) < 4.78 is 0. The highest BCUT2D eigenvalue weighted by molar-refractivity contribution is 5.82. The number of carbonyl (C=O) groups excluding carboxylic acids is 1. The molecule has 0 aromatic heterocycles. The van der Waals surface area contributed by atoms with Gasteiger partial charge in [-0.3, -0.25) is 4.79 Å². The zero-order chi connectivity index (χ0) is 14.1. The van der Waals surface area contributed by atoms with Gasteiger partial charge in [0.1, 0.15) is 0 Å². The minimum absolute atomic E-state index is 0.211. The topological polar surface area (TPSA) is 49.6 Å². The van der Waals surface area contributed by atoms with Crippen LogP contribution in [0.1, 0.15) is 24.8 Å². The van der Waals surface area contributed by atoms with Gasteiger partial charge in [-0.05, 0) is 37.3 Å². The molecule has 1 unspecified atom stereocenters. The van der Waals surface area contributed by atoms with Crippen molar-refractivity contribution in [3.8, 4) is 0 Å². The van der Waals surface area contributed by atoms with Crippen molar-refractivity contribution in [1.82, 2.24) is 4.90 Å². The van der Waals surface area contributed by atoms with E-state index in [0.717, 1.165) is 25.7 Å². The third-order valence-electron chi connectivity index (χ3n) is 4.55. The highest BCUT2D eigenvalue weighted by Gasteiger charge is 2.32. The molecule has 1 fully saturated rings. The fourth-order valence-electron chi connectivity index (χ4n) is 3.06. The SMILES string of the molecule is CN(C(=O)CN1c2ccccc2CCC1CN)C1CC1. The minimum Gasteiger partial charge on any atom is -0.358 e. The Hall–Kier alpha value is -1.55. The monoisotopic (exact) mass is 273 g/mol. The first-order chi connectivity index (χ1) is 9.70. The highest BCUT2D eigenvalue weighted by Crippen LogP contribution is 2.31. The van der Waals surface area contributed by atoms with Crippen LogP contribution >= 0.6 is 0 Å². The van der Waals surface area contributed by atoms with Crippen LogP contribution in [0.4, 0.5) is 5.69 Å². The average Bonchev–Trinajstić information content (AvgIpc) is 3.31. The van der Waals surface area contributed by atoms with E-state index in [1.54, 1.807) is 0 Å². The molecule has 3 rings (SSSR count). The Morgan fingerprint density at radius 2 is 2.10 bits per heavy atom. The van der Waals surface area contributed by atoms with Gasteiger partial charge in [0.2, 0.25) is 5.91 Å². The first-order valence-electron chi connectivity index (χ1n) is 7.51. The van der Waals surface area contributed by atoms with Crippen LogP contribution < -0.4 is 10.6 Å². The fourth-order valence-corrected chi connectivity index (χ4v) is 3.06. The number of rotatable bonds is 4. The number of amides is 1. The molecule has 1 aliphatic heterocycles. The van der Waals surface area contributed by atoms with E-state index in [1.165, 1.54) is 11.3 Å². The number of para-hydroxylation sites is 1. The lowest BCUT2D eigenvalue weighted by molar-refractivity contribution is -0.129. The number of fused-ring (bicyclic) bond motifs is 1. The maximum Gasteiger partial charge on any atom is 0.242 e. The van der Waals surface area contributed by atoms with Crippen LogP contribution in [-0.4, -0.2) is 43.0 Å². The second-order valence-electron chi connectivity index (χ2n) is 5.92. The second kappa shape index (κ2) is 5.44. The molecule has 2 aliphatic rings. The summed E-state index contributed by atoms with van der Waals surface area (Å²) in [4.78, 5) is 16.5. The molecule has 4 nitrogen and oxygen atoms in total. The van der Waals surface area contributed by atoms with Crippen LogP contribution in [-0.2, 0) is 11.2 Å². The number of anilines is 1. The predicted octanol–water partition coefficient (Wildman–Crippen LogP) is 1.39. The Labute approximate surface area is 120 Å². The lowest BCUT2D eigenvalue weighted by Crippen LogP contribution is -2.49. The molecule has 4 heteroatoms. The van der Waals surface area contributed by atoms with Crippen molar-refractivity contribution >= 4 is 11.6 Å². The third kappa shape index (κ3) is 2.52. The number of hydrogen-bond acceptors (Lipinski definition) is 3. The Kier molecular flexibility index (Phi) is 3.66. The molecule has 1 aliphatic carbocycles. The van der Waals surface area contributed by atoms with Crippen molar-refractivity contribution in [2.45, 2.75) is 37.8 Å². The molecule has 0 bridgehead atoms. The van der Waals surface area contributed by atoms with Crippen molar-refractivity contribution in [3.63, 3.8) is 0 Å². The fraction of sp³-hybridized carbons (Fsp3) is 0.562. The molecular formula is C16H23N3O. The van der Waals surface area contributed by atoms with Crippen LogP contribution in [0.5, 0.6) is 0 Å². The number of benzene rings is 1. The number of nitrogens with two attached hydrogens (primary N) is 1. The van der Waals surface area contributed by atoms with E-state index in [4.69, 9.17) is 5.73 Å². The normalized spacial score (nSPS) is 21.5. The van der Waals surface area contributed by atoms with E-state index in [-0.39, 0.29) is 11.9 Å². The smallest absolute Gasteiger partial charge is 0.242 e. The van der Waals surface area contributed by atoms with Crippen LogP contribution in [0.15, 0.2) is 24.3 Å². The molecular weight excluding hydrogens is 250 g/mol. The number of carbonyl (C=O) groups is 1. The summed E-state index contributed by atoms with van der Waals surface area (Å²) in [6, 6.07) is 9.13. The van der Waals surface area contributed by atoms with E-state index in [2.05, 4.69) is 23.1 Å². The van der Waals surface area contributed by atoms with E-state index >= 15 is 0 Å². The van der Waals surface area contributed by atoms with Gasteiger partial charge < -0.3 is 15.5 Å². The predicted molar refractivity (Wildman–Crippen MR) is 80.7 cm³/mol. The highest BCUT2D eigenvalue weighted by atomic mass is 16.2. The molecule has 1 amide bonds. The average molecular weight is 273 g/mol. The van der Waals surface area contributed by atoms with E-state index in [1.807, 2.05) is 18.0 Å². The molecule has 0 saturated heterocycles. The standard InChI is InChI=1S/C16H23N3O/c1-18(13-8-9-13)16(20)11-19-14(10-17)7-6-12-4-2-3-5-15(12)19/h2-5,13-14H,6-11,17H2,1H3. The molecule has 1 heterocycles. The van der Waals surface area contributed by atoms with Gasteiger partial charge in [-0.1, -0.05) is 18.2 Å². The van der Waals surface area contributed by atoms with Crippen molar-refractivity contribution in [3.05, 3.63) is 29.8 Å². The summed E-state index contributed by atoms with van der Waals surface area (Å²) >= 11 is 0. The second-order valence-corrected chi connectivity index (χ2v) is 5.92. The van der Waals surface area contributed by atoms with Gasteiger partial charge in [0, 0.05) is 31.4 Å². The summed E-state index contributed by atoms with van der Waals surface area (Å²) in [5, 5.41) is 0. The minimum atomic E-state index is 0.211. The molecule has 20 heavy (non-hydrogen) atoms. The van der Waals surface area contributed by atoms with Crippen LogP contribution in [0, 0.1) is 0 Å². The summed E-state index contributed by atoms with van der Waals surface area (Å²) in [7, 11) is 1.92. The van der Waals surface area contributed by atoms with Gasteiger partial charge in [-0.2, -0.15) is 0 Å². The number of hydrogen-bond donors (Lipinski definition) is 1. The Morgan fingerprint density at radius 1 is 1.35 bits per heavy atom. The first kappa shape index (κ1) is 13.4. The van der Waals surface area contributed by atoms with Gasteiger partial charge in [0.05, 0.1) is 6.54 Å². The van der Waals surface area contributed by atoms with E-state index in [0.29, 0.717) is 19.1 Å². The van der Waals surface area contributed by atoms with E-state index in [9.17, 15) is 4.79 Å². The molecule has 0 radical (unpaired) electrons. The maximum atomic E-state index is 12.4. The third-order valence-corrected chi connectivity index (χ3v) is 4.55. The van der Waals surface area contributed by atoms with Gasteiger partial charge in [-0.25, -0.2) is 0 Å². The largest absolute Gasteiger partial charge is 0.358 e. The molecule has 2 N–H and O–H groups in total. The Balaban J connectivity index is 1.79. The van der Waals surface area contributed by atoms with Crippen molar-refractivity contribution < 1.29 is 4.79 Å². The van der Waals surface area contributed by atoms with Gasteiger partial charge in [0.25, 0.3) is 0 Å². The first-order valence-corrected chi connectivity index (χ1v) is 7.51. The Morgan fingerprint density at radius 3 is 2.80 bits per heavy atom. The lowest BCUT2D eigenvalue weighted by atomic mass is 9.95. The van der Waals surface area contributed by atoms with Crippen LogP contribution in [0.25, 0.3) is 0 Å². The zero-order valence-corrected chi connectivity index (χ0v) is 12.1. The number of aryl methyl sites for hydroxylation is 1. The summed E-state index contributed by atoms with van der Waals surface area (Å²) in [6.07, 6.45) is 4.40. The zero-order valence-electron chi connectivity index (χ0n) is 12.1. The number of nitrogens with zero attached hydrogens (tertiary/aromatic N) is 2. The number of likely N-dealkylation sites (N-methyl/N-ethyl adjacent to an activating group) is 1. The summed E-state index contributed by atoms with van der Waals surface area (Å²) in [6.45, 7) is 1.06. The van der Waals surface area contributed by atoms with Crippen LogP contribution in [0.2, 0.25) is 0 Å². The van der Waals surface area contributed by atoms with Gasteiger partial charge >= 0.3 is 0 Å². The summed E-state index contributed by atoms with van der Waals surface area (Å²) in [5.41, 5.74) is 8.43. The molecule has 108 valence electrons. The molecule has 1 aromatic rings.